The van der Waals surface area contributed by atoms with Crippen LogP contribution in [0.5, 0.6) is 0 Å². The minimum Gasteiger partial charge on any atom is -0.480 e. The Labute approximate surface area is 214 Å². The molecule has 0 aliphatic carbocycles. The minimum atomic E-state index is -1.42. The highest BCUT2D eigenvalue weighted by atomic mass is 32.2. The van der Waals surface area contributed by atoms with Crippen molar-refractivity contribution in [2.24, 2.45) is 5.73 Å². The van der Waals surface area contributed by atoms with Crippen molar-refractivity contribution in [3.8, 4) is 0 Å². The summed E-state index contributed by atoms with van der Waals surface area (Å²) >= 11 is 2.98. The second kappa shape index (κ2) is 16.4. The first-order valence-corrected chi connectivity index (χ1v) is 14.0. The smallest absolute Gasteiger partial charge is 0.326 e. The summed E-state index contributed by atoms with van der Waals surface area (Å²) in [6.07, 6.45) is 3.14. The van der Waals surface area contributed by atoms with Crippen LogP contribution in [0.1, 0.15) is 25.3 Å². The lowest BCUT2D eigenvalue weighted by atomic mass is 10.0. The fraction of sp³-hybridized carbons (Fsp3) is 0.565. The largest absolute Gasteiger partial charge is 0.480 e. The van der Waals surface area contributed by atoms with Crippen molar-refractivity contribution in [1.29, 1.82) is 0 Å². The van der Waals surface area contributed by atoms with E-state index in [0.717, 1.165) is 5.56 Å². The van der Waals surface area contributed by atoms with E-state index in [2.05, 4.69) is 16.0 Å². The van der Waals surface area contributed by atoms with Crippen molar-refractivity contribution >= 4 is 47.2 Å². The van der Waals surface area contributed by atoms with Crippen LogP contribution < -0.4 is 21.7 Å². The molecule has 35 heavy (non-hydrogen) atoms. The molecule has 3 amide bonds. The van der Waals surface area contributed by atoms with Crippen LogP contribution in [0.25, 0.3) is 0 Å². The predicted octanol–water partition coefficient (Wildman–Crippen LogP) is -0.0176. The summed E-state index contributed by atoms with van der Waals surface area (Å²) in [6.45, 7) is 1.31. The van der Waals surface area contributed by atoms with Gasteiger partial charge in [0.05, 0.1) is 12.1 Å². The topological polar surface area (TPSA) is 171 Å². The minimum absolute atomic E-state index is 0.132. The van der Waals surface area contributed by atoms with Crippen LogP contribution in [-0.2, 0) is 25.6 Å². The van der Waals surface area contributed by atoms with Crippen LogP contribution in [-0.4, -0.2) is 88.2 Å². The Kier molecular flexibility index (Phi) is 14.4. The average molecular weight is 529 g/mol. The number of aliphatic hydroxyl groups is 1. The highest BCUT2D eigenvalue weighted by molar-refractivity contribution is 7.98. The van der Waals surface area contributed by atoms with Gasteiger partial charge in [-0.1, -0.05) is 30.3 Å². The second-order valence-electron chi connectivity index (χ2n) is 8.05. The number of benzene rings is 1. The molecular weight excluding hydrogens is 492 g/mol. The lowest BCUT2D eigenvalue weighted by Crippen LogP contribution is -2.60. The van der Waals surface area contributed by atoms with E-state index in [1.807, 2.05) is 18.6 Å². The van der Waals surface area contributed by atoms with E-state index < -0.39 is 54.0 Å². The third-order valence-electron chi connectivity index (χ3n) is 5.17. The Morgan fingerprint density at radius 1 is 0.886 bits per heavy atom. The van der Waals surface area contributed by atoms with Gasteiger partial charge in [-0.2, -0.15) is 23.5 Å². The maximum absolute atomic E-state index is 13.1. The van der Waals surface area contributed by atoms with Gasteiger partial charge in [-0.3, -0.25) is 14.4 Å². The molecule has 0 fully saturated rings. The molecule has 0 saturated heterocycles. The number of hydrogen-bond acceptors (Lipinski definition) is 8. The van der Waals surface area contributed by atoms with E-state index in [0.29, 0.717) is 17.9 Å². The third-order valence-corrected chi connectivity index (χ3v) is 6.46. The van der Waals surface area contributed by atoms with Crippen molar-refractivity contribution in [3.05, 3.63) is 35.9 Å². The molecule has 10 nitrogen and oxygen atoms in total. The molecule has 1 rings (SSSR count). The molecule has 7 N–H and O–H groups in total. The molecule has 0 aliphatic rings. The highest BCUT2D eigenvalue weighted by Gasteiger charge is 2.32. The van der Waals surface area contributed by atoms with Crippen LogP contribution in [0.3, 0.4) is 0 Å². The number of thioether (sulfide) groups is 2. The Morgan fingerprint density at radius 2 is 1.46 bits per heavy atom. The lowest BCUT2D eigenvalue weighted by molar-refractivity contribution is -0.143. The molecule has 0 heterocycles. The van der Waals surface area contributed by atoms with Gasteiger partial charge < -0.3 is 31.9 Å². The number of aliphatic carboxylic acids is 1. The third kappa shape index (κ3) is 11.3. The van der Waals surface area contributed by atoms with Crippen LogP contribution >= 0.6 is 23.5 Å². The molecule has 0 aliphatic heterocycles. The monoisotopic (exact) mass is 528 g/mol. The van der Waals surface area contributed by atoms with Gasteiger partial charge in [-0.15, -0.1) is 0 Å². The number of rotatable bonds is 16. The fourth-order valence-electron chi connectivity index (χ4n) is 3.13. The van der Waals surface area contributed by atoms with Gasteiger partial charge in [0, 0.05) is 6.42 Å². The van der Waals surface area contributed by atoms with Crippen LogP contribution in [0.2, 0.25) is 0 Å². The van der Waals surface area contributed by atoms with Gasteiger partial charge in [0.1, 0.15) is 18.1 Å². The maximum Gasteiger partial charge on any atom is 0.326 e. The Bertz CT molecular complexity index is 827. The van der Waals surface area contributed by atoms with E-state index in [9.17, 15) is 29.4 Å². The first-order valence-electron chi connectivity index (χ1n) is 11.2. The van der Waals surface area contributed by atoms with E-state index in [1.54, 1.807) is 36.0 Å². The second-order valence-corrected chi connectivity index (χ2v) is 10.0. The van der Waals surface area contributed by atoms with Gasteiger partial charge in [0.25, 0.3) is 0 Å². The van der Waals surface area contributed by atoms with Gasteiger partial charge in [-0.05, 0) is 49.3 Å². The first kappa shape index (κ1) is 30.8. The number of hydrogen-bond donors (Lipinski definition) is 6. The zero-order chi connectivity index (χ0) is 26.4. The van der Waals surface area contributed by atoms with E-state index >= 15 is 0 Å². The van der Waals surface area contributed by atoms with Crippen LogP contribution in [0.4, 0.5) is 0 Å². The quantitative estimate of drug-likeness (QED) is 0.173. The number of carboxylic acid groups (broad SMARTS) is 1. The van der Waals surface area contributed by atoms with Gasteiger partial charge in [0.2, 0.25) is 17.7 Å². The fourth-order valence-corrected chi connectivity index (χ4v) is 4.09. The van der Waals surface area contributed by atoms with Crippen LogP contribution in [0, 0.1) is 0 Å². The number of nitrogens with two attached hydrogens (primary N) is 1. The average Bonchev–Trinajstić information content (AvgIpc) is 2.82. The summed E-state index contributed by atoms with van der Waals surface area (Å²) < 4.78 is 0. The molecule has 0 spiro atoms. The Balaban J connectivity index is 3.02. The van der Waals surface area contributed by atoms with E-state index in [-0.39, 0.29) is 12.8 Å². The van der Waals surface area contributed by atoms with Crippen molar-refractivity contribution in [2.45, 2.75) is 56.5 Å². The number of nitrogens with one attached hydrogen (secondary N) is 3. The van der Waals surface area contributed by atoms with Gasteiger partial charge >= 0.3 is 5.97 Å². The number of carbonyl (C=O) groups excluding carboxylic acids is 3. The number of carbonyl (C=O) groups is 4. The SMILES string of the molecule is CSCCC(N)C(=O)NC(Cc1ccccc1)C(=O)NC(C(=O)NC(CCSC)C(=O)O)C(C)O. The zero-order valence-corrected chi connectivity index (χ0v) is 21.9. The molecule has 12 heteroatoms. The standard InChI is InChI=1S/C23H36N4O6S2/c1-14(28)19(22(31)25-17(23(32)33)10-12-35-3)27-21(30)18(13-15-7-5-4-6-8-15)26-20(29)16(24)9-11-34-2/h4-8,14,16-19,28H,9-13,24H2,1-3H3,(H,25,31)(H,26,29)(H,27,30)(H,32,33). The molecule has 0 bridgehead atoms. The van der Waals surface area contributed by atoms with E-state index in [1.165, 1.54) is 18.7 Å². The summed E-state index contributed by atoms with van der Waals surface area (Å²) in [5, 5.41) is 27.0. The molecule has 1 aromatic carbocycles. The molecule has 0 aromatic heterocycles. The Morgan fingerprint density at radius 3 is 2.00 bits per heavy atom. The summed E-state index contributed by atoms with van der Waals surface area (Å²) in [7, 11) is 0. The van der Waals surface area contributed by atoms with Crippen LogP contribution in [0.15, 0.2) is 30.3 Å². The summed E-state index contributed by atoms with van der Waals surface area (Å²) in [6, 6.07) is 4.54. The lowest BCUT2D eigenvalue weighted by Gasteiger charge is -2.26. The molecule has 0 radical (unpaired) electrons. The van der Waals surface area contributed by atoms with E-state index in [4.69, 9.17) is 5.73 Å². The zero-order valence-electron chi connectivity index (χ0n) is 20.2. The Hall–Kier alpha value is -2.28. The molecule has 1 aromatic rings. The molecular formula is C23H36N4O6S2. The molecule has 196 valence electrons. The van der Waals surface area contributed by atoms with Gasteiger partial charge in [-0.25, -0.2) is 4.79 Å². The normalized spacial score (nSPS) is 15.2. The summed E-state index contributed by atoms with van der Waals surface area (Å²) in [5.74, 6) is -2.06. The van der Waals surface area contributed by atoms with Crippen molar-refractivity contribution in [3.63, 3.8) is 0 Å². The summed E-state index contributed by atoms with van der Waals surface area (Å²) in [5.41, 5.74) is 6.72. The highest BCUT2D eigenvalue weighted by Crippen LogP contribution is 2.07. The number of aliphatic hydroxyl groups excluding tert-OH is 1. The van der Waals surface area contributed by atoms with Crippen molar-refractivity contribution in [2.75, 3.05) is 24.0 Å². The number of carboxylic acids is 1. The molecule has 5 atom stereocenters. The van der Waals surface area contributed by atoms with Crippen molar-refractivity contribution in [1.82, 2.24) is 16.0 Å². The van der Waals surface area contributed by atoms with Crippen molar-refractivity contribution < 1.29 is 29.4 Å². The predicted molar refractivity (Wildman–Crippen MR) is 139 cm³/mol. The summed E-state index contributed by atoms with van der Waals surface area (Å²) in [4.78, 5) is 50.0. The molecule has 0 saturated carbocycles. The number of amides is 3. The maximum atomic E-state index is 13.1. The van der Waals surface area contributed by atoms with Gasteiger partial charge in [0.15, 0.2) is 0 Å². The first-order chi connectivity index (χ1) is 16.6. The molecule has 5 unspecified atom stereocenters.